The van der Waals surface area contributed by atoms with Crippen LogP contribution in [0.3, 0.4) is 0 Å². The van der Waals surface area contributed by atoms with E-state index in [9.17, 15) is 0 Å². The standard InChI is InChI=1S/C10H20O/c1-4-5-6-7-10(8-11)9(2)3/h8-9,11H,4-7H2,1-3H3. The molecule has 11 heavy (non-hydrogen) atoms. The topological polar surface area (TPSA) is 20.2 Å². The number of allylic oxidation sites excluding steroid dienone is 1. The van der Waals surface area contributed by atoms with Crippen molar-refractivity contribution in [1.29, 1.82) is 0 Å². The first-order chi connectivity index (χ1) is 5.22. The van der Waals surface area contributed by atoms with E-state index in [4.69, 9.17) is 5.11 Å². The van der Waals surface area contributed by atoms with Gasteiger partial charge >= 0.3 is 0 Å². The number of unbranched alkanes of at least 4 members (excludes halogenated alkanes) is 2. The van der Waals surface area contributed by atoms with Gasteiger partial charge in [0.15, 0.2) is 0 Å². The zero-order valence-corrected chi connectivity index (χ0v) is 7.93. The summed E-state index contributed by atoms with van der Waals surface area (Å²) in [7, 11) is 0. The van der Waals surface area contributed by atoms with E-state index in [-0.39, 0.29) is 0 Å². The Kier molecular flexibility index (Phi) is 6.00. The van der Waals surface area contributed by atoms with Gasteiger partial charge in [0.05, 0.1) is 6.26 Å². The van der Waals surface area contributed by atoms with Gasteiger partial charge in [-0.1, -0.05) is 33.6 Å². The molecular formula is C10H20O. The van der Waals surface area contributed by atoms with Crippen molar-refractivity contribution >= 4 is 0 Å². The Morgan fingerprint density at radius 3 is 2.36 bits per heavy atom. The van der Waals surface area contributed by atoms with Crippen LogP contribution in [0.5, 0.6) is 0 Å². The molecule has 0 saturated heterocycles. The molecule has 0 heterocycles. The summed E-state index contributed by atoms with van der Waals surface area (Å²) in [4.78, 5) is 0. The molecule has 1 nitrogen and oxygen atoms in total. The van der Waals surface area contributed by atoms with Gasteiger partial charge in [-0.2, -0.15) is 0 Å². The molecule has 0 rings (SSSR count). The maximum absolute atomic E-state index is 8.83. The molecule has 1 N–H and O–H groups in total. The molecule has 0 aliphatic carbocycles. The summed E-state index contributed by atoms with van der Waals surface area (Å²) in [5.41, 5.74) is 1.18. The summed E-state index contributed by atoms with van der Waals surface area (Å²) in [6, 6.07) is 0. The highest BCUT2D eigenvalue weighted by Gasteiger charge is 2.01. The van der Waals surface area contributed by atoms with E-state index in [2.05, 4.69) is 20.8 Å². The van der Waals surface area contributed by atoms with Crippen LogP contribution < -0.4 is 0 Å². The molecule has 0 amide bonds. The number of rotatable bonds is 5. The van der Waals surface area contributed by atoms with Gasteiger partial charge in [-0.3, -0.25) is 0 Å². The zero-order chi connectivity index (χ0) is 8.69. The highest BCUT2D eigenvalue weighted by Crippen LogP contribution is 2.16. The Morgan fingerprint density at radius 2 is 2.00 bits per heavy atom. The van der Waals surface area contributed by atoms with Crippen LogP contribution in [0.15, 0.2) is 11.8 Å². The van der Waals surface area contributed by atoms with Gasteiger partial charge in [0.25, 0.3) is 0 Å². The van der Waals surface area contributed by atoms with Crippen LogP contribution in [0.2, 0.25) is 0 Å². The van der Waals surface area contributed by atoms with Crippen molar-refractivity contribution in [3.05, 3.63) is 11.8 Å². The summed E-state index contributed by atoms with van der Waals surface area (Å²) in [6.45, 7) is 6.43. The third kappa shape index (κ3) is 4.88. The molecule has 0 fully saturated rings. The van der Waals surface area contributed by atoms with Gasteiger partial charge in [-0.15, -0.1) is 0 Å². The van der Waals surface area contributed by atoms with Crippen molar-refractivity contribution < 1.29 is 5.11 Å². The van der Waals surface area contributed by atoms with Crippen LogP contribution in [0.25, 0.3) is 0 Å². The van der Waals surface area contributed by atoms with Crippen LogP contribution in [-0.2, 0) is 0 Å². The molecular weight excluding hydrogens is 136 g/mol. The van der Waals surface area contributed by atoms with Crippen molar-refractivity contribution in [2.75, 3.05) is 0 Å². The van der Waals surface area contributed by atoms with Gasteiger partial charge in [0.1, 0.15) is 0 Å². The molecule has 0 aromatic rings. The molecule has 0 saturated carbocycles. The van der Waals surface area contributed by atoms with Gasteiger partial charge in [0.2, 0.25) is 0 Å². The minimum absolute atomic E-state index is 0.497. The van der Waals surface area contributed by atoms with Crippen molar-refractivity contribution in [3.8, 4) is 0 Å². The first kappa shape index (κ1) is 10.5. The largest absolute Gasteiger partial charge is 0.516 e. The monoisotopic (exact) mass is 156 g/mol. The second kappa shape index (κ2) is 6.26. The predicted molar refractivity (Wildman–Crippen MR) is 49.7 cm³/mol. The lowest BCUT2D eigenvalue weighted by atomic mass is 9.99. The van der Waals surface area contributed by atoms with Crippen molar-refractivity contribution in [2.24, 2.45) is 5.92 Å². The fourth-order valence-electron chi connectivity index (χ4n) is 1.08. The minimum atomic E-state index is 0.497. The minimum Gasteiger partial charge on any atom is -0.516 e. The molecule has 0 unspecified atom stereocenters. The number of hydrogen-bond donors (Lipinski definition) is 1. The third-order valence-electron chi connectivity index (χ3n) is 1.98. The van der Waals surface area contributed by atoms with Crippen LogP contribution in [0.4, 0.5) is 0 Å². The summed E-state index contributed by atoms with van der Waals surface area (Å²) in [5, 5.41) is 8.83. The Labute approximate surface area is 70.1 Å². The van der Waals surface area contributed by atoms with Crippen LogP contribution in [-0.4, -0.2) is 5.11 Å². The van der Waals surface area contributed by atoms with Gasteiger partial charge < -0.3 is 5.11 Å². The molecule has 0 aromatic heterocycles. The fourth-order valence-corrected chi connectivity index (χ4v) is 1.08. The maximum Gasteiger partial charge on any atom is 0.0786 e. The predicted octanol–water partition coefficient (Wildman–Crippen LogP) is 3.66. The second-order valence-corrected chi connectivity index (χ2v) is 3.32. The number of aliphatic hydroxyl groups is 1. The molecule has 0 aromatic carbocycles. The van der Waals surface area contributed by atoms with E-state index >= 15 is 0 Å². The Bertz CT molecular complexity index is 114. The summed E-state index contributed by atoms with van der Waals surface area (Å²) in [6.07, 6.45) is 6.06. The Balaban J connectivity index is 3.54. The van der Waals surface area contributed by atoms with E-state index in [0.29, 0.717) is 5.92 Å². The van der Waals surface area contributed by atoms with E-state index in [0.717, 1.165) is 6.42 Å². The average Bonchev–Trinajstić information content (AvgIpc) is 1.97. The summed E-state index contributed by atoms with van der Waals surface area (Å²) < 4.78 is 0. The highest BCUT2D eigenvalue weighted by molar-refractivity contribution is 4.99. The van der Waals surface area contributed by atoms with Crippen molar-refractivity contribution in [2.45, 2.75) is 46.5 Å². The lowest BCUT2D eigenvalue weighted by Gasteiger charge is -2.08. The molecule has 0 radical (unpaired) electrons. The normalized spacial score (nSPS) is 12.5. The quantitative estimate of drug-likeness (QED) is 0.475. The van der Waals surface area contributed by atoms with Crippen LogP contribution in [0, 0.1) is 5.92 Å². The lowest BCUT2D eigenvalue weighted by Crippen LogP contribution is -1.94. The molecule has 0 spiro atoms. The van der Waals surface area contributed by atoms with Crippen molar-refractivity contribution in [3.63, 3.8) is 0 Å². The second-order valence-electron chi connectivity index (χ2n) is 3.32. The number of hydrogen-bond acceptors (Lipinski definition) is 1. The van der Waals surface area contributed by atoms with Crippen molar-refractivity contribution in [1.82, 2.24) is 0 Å². The molecule has 0 aliphatic heterocycles. The Hall–Kier alpha value is -0.460. The zero-order valence-electron chi connectivity index (χ0n) is 7.93. The molecule has 0 bridgehead atoms. The molecule has 0 aliphatic rings. The SMILES string of the molecule is CCCCCC(=CO)C(C)C. The maximum atomic E-state index is 8.83. The van der Waals surface area contributed by atoms with Crippen LogP contribution >= 0.6 is 0 Å². The van der Waals surface area contributed by atoms with E-state index < -0.39 is 0 Å². The molecule has 1 heteroatoms. The number of aliphatic hydroxyl groups excluding tert-OH is 1. The first-order valence-electron chi connectivity index (χ1n) is 4.55. The Morgan fingerprint density at radius 1 is 1.36 bits per heavy atom. The fraction of sp³-hybridized carbons (Fsp3) is 0.800. The van der Waals surface area contributed by atoms with E-state index in [1.807, 2.05) is 0 Å². The molecule has 0 atom stereocenters. The third-order valence-corrected chi connectivity index (χ3v) is 1.98. The first-order valence-corrected chi connectivity index (χ1v) is 4.55. The average molecular weight is 156 g/mol. The van der Waals surface area contributed by atoms with Gasteiger partial charge in [-0.05, 0) is 24.3 Å². The highest BCUT2D eigenvalue weighted by atomic mass is 16.2. The smallest absolute Gasteiger partial charge is 0.0786 e. The lowest BCUT2D eigenvalue weighted by molar-refractivity contribution is 0.451. The van der Waals surface area contributed by atoms with Gasteiger partial charge in [0, 0.05) is 0 Å². The molecule has 66 valence electrons. The van der Waals surface area contributed by atoms with Gasteiger partial charge in [-0.25, -0.2) is 0 Å². The summed E-state index contributed by atoms with van der Waals surface area (Å²) in [5.74, 6) is 0.497. The summed E-state index contributed by atoms with van der Waals surface area (Å²) >= 11 is 0. The van der Waals surface area contributed by atoms with E-state index in [1.165, 1.54) is 31.1 Å². The van der Waals surface area contributed by atoms with Crippen LogP contribution in [0.1, 0.15) is 46.5 Å². The van der Waals surface area contributed by atoms with E-state index in [1.54, 1.807) is 0 Å².